The van der Waals surface area contributed by atoms with Gasteiger partial charge in [-0.15, -0.1) is 11.8 Å². The lowest BCUT2D eigenvalue weighted by atomic mass is 9.97. The largest absolute Gasteiger partial charge is 0.352 e. The van der Waals surface area contributed by atoms with Crippen molar-refractivity contribution in [3.05, 3.63) is 72.6 Å². The smallest absolute Gasteiger partial charge is 0.225 e. The van der Waals surface area contributed by atoms with E-state index in [0.29, 0.717) is 19.0 Å². The van der Waals surface area contributed by atoms with Crippen LogP contribution in [-0.2, 0) is 11.3 Å². The molecule has 3 aromatic rings. The fourth-order valence-corrected chi connectivity index (χ4v) is 4.12. The van der Waals surface area contributed by atoms with Gasteiger partial charge in [0, 0.05) is 42.5 Å². The van der Waals surface area contributed by atoms with E-state index < -0.39 is 0 Å². The number of anilines is 1. The fraction of sp³-hybridized carbons (Fsp3) is 0.292. The lowest BCUT2D eigenvalue weighted by Gasteiger charge is -2.32. The van der Waals surface area contributed by atoms with Gasteiger partial charge in [0.05, 0.1) is 5.92 Å². The van der Waals surface area contributed by atoms with Crippen molar-refractivity contribution in [2.24, 2.45) is 5.92 Å². The molecule has 0 unspecified atom stereocenters. The number of hydrogen-bond acceptors (Lipinski definition) is 5. The molecule has 1 aromatic heterocycles. The average Bonchev–Trinajstić information content (AvgIpc) is 2.83. The Labute approximate surface area is 181 Å². The predicted octanol–water partition coefficient (Wildman–Crippen LogP) is 4.40. The van der Waals surface area contributed by atoms with Crippen molar-refractivity contribution in [3.63, 3.8) is 0 Å². The van der Waals surface area contributed by atoms with Gasteiger partial charge in [0.25, 0.3) is 0 Å². The van der Waals surface area contributed by atoms with Gasteiger partial charge in [-0.25, -0.2) is 9.97 Å². The van der Waals surface area contributed by atoms with Crippen LogP contribution in [0.2, 0.25) is 0 Å². The maximum Gasteiger partial charge on any atom is 0.225 e. The second kappa shape index (κ2) is 9.76. The standard InChI is InChI=1S/C24H26N4OS/c1-30-22-11-9-18(10-12-22)14-25-23(29)20-8-5-13-28(17-20)24-26-15-21(16-27-24)19-6-3-2-4-7-19/h2-4,6-7,9-12,15-16,20H,5,8,13-14,17H2,1H3,(H,25,29)/t20-/m0/s1. The first-order valence-corrected chi connectivity index (χ1v) is 11.5. The van der Waals surface area contributed by atoms with Crippen molar-refractivity contribution in [1.82, 2.24) is 15.3 Å². The van der Waals surface area contributed by atoms with Crippen molar-refractivity contribution in [1.29, 1.82) is 0 Å². The average molecular weight is 419 g/mol. The summed E-state index contributed by atoms with van der Waals surface area (Å²) in [4.78, 5) is 25.2. The van der Waals surface area contributed by atoms with Crippen molar-refractivity contribution >= 4 is 23.6 Å². The van der Waals surface area contributed by atoms with Gasteiger partial charge in [0.1, 0.15) is 0 Å². The highest BCUT2D eigenvalue weighted by Crippen LogP contribution is 2.23. The Morgan fingerprint density at radius 3 is 2.50 bits per heavy atom. The Balaban J connectivity index is 1.34. The molecule has 5 nitrogen and oxygen atoms in total. The molecule has 2 aromatic carbocycles. The van der Waals surface area contributed by atoms with Crippen LogP contribution in [0.15, 0.2) is 71.9 Å². The Morgan fingerprint density at radius 1 is 1.07 bits per heavy atom. The summed E-state index contributed by atoms with van der Waals surface area (Å²) >= 11 is 1.72. The Bertz CT molecular complexity index is 961. The van der Waals surface area contributed by atoms with Gasteiger partial charge in [0.2, 0.25) is 11.9 Å². The molecule has 0 bridgehead atoms. The van der Waals surface area contributed by atoms with Gasteiger partial charge in [0.15, 0.2) is 0 Å². The van der Waals surface area contributed by atoms with Gasteiger partial charge in [-0.2, -0.15) is 0 Å². The number of carbonyl (C=O) groups is 1. The third-order valence-electron chi connectivity index (χ3n) is 5.45. The Morgan fingerprint density at radius 2 is 1.80 bits per heavy atom. The number of nitrogens with zero attached hydrogens (tertiary/aromatic N) is 3. The third-order valence-corrected chi connectivity index (χ3v) is 6.19. The molecule has 0 spiro atoms. The van der Waals surface area contributed by atoms with E-state index in [1.165, 1.54) is 4.90 Å². The number of amides is 1. The zero-order chi connectivity index (χ0) is 20.8. The number of nitrogens with one attached hydrogen (secondary N) is 1. The minimum absolute atomic E-state index is 0.0402. The second-order valence-electron chi connectivity index (χ2n) is 7.49. The summed E-state index contributed by atoms with van der Waals surface area (Å²) in [5.74, 6) is 0.760. The first kappa shape index (κ1) is 20.4. The Hall–Kier alpha value is -2.86. The zero-order valence-corrected chi connectivity index (χ0v) is 17.9. The molecule has 0 saturated carbocycles. The molecule has 30 heavy (non-hydrogen) atoms. The highest BCUT2D eigenvalue weighted by molar-refractivity contribution is 7.98. The van der Waals surface area contributed by atoms with E-state index in [2.05, 4.69) is 50.7 Å². The van der Waals surface area contributed by atoms with Crippen LogP contribution >= 0.6 is 11.8 Å². The van der Waals surface area contributed by atoms with E-state index in [4.69, 9.17) is 0 Å². The molecule has 1 N–H and O–H groups in total. The summed E-state index contributed by atoms with van der Waals surface area (Å²) < 4.78 is 0. The molecule has 154 valence electrons. The minimum Gasteiger partial charge on any atom is -0.352 e. The van der Waals surface area contributed by atoms with E-state index >= 15 is 0 Å². The summed E-state index contributed by atoms with van der Waals surface area (Å²) in [6.45, 7) is 2.10. The quantitative estimate of drug-likeness (QED) is 0.602. The van der Waals surface area contributed by atoms with Gasteiger partial charge < -0.3 is 10.2 Å². The van der Waals surface area contributed by atoms with Crippen molar-refractivity contribution in [2.75, 3.05) is 24.2 Å². The summed E-state index contributed by atoms with van der Waals surface area (Å²) in [6.07, 6.45) is 7.64. The van der Waals surface area contributed by atoms with E-state index in [0.717, 1.165) is 36.1 Å². The monoisotopic (exact) mass is 418 g/mol. The molecular formula is C24H26N4OS. The van der Waals surface area contributed by atoms with Gasteiger partial charge in [-0.05, 0) is 42.4 Å². The topological polar surface area (TPSA) is 58.1 Å². The number of piperidine rings is 1. The number of thioether (sulfide) groups is 1. The van der Waals surface area contributed by atoms with Crippen LogP contribution < -0.4 is 10.2 Å². The molecule has 0 aliphatic carbocycles. The lowest BCUT2D eigenvalue weighted by molar-refractivity contribution is -0.125. The lowest BCUT2D eigenvalue weighted by Crippen LogP contribution is -2.43. The third kappa shape index (κ3) is 5.00. The van der Waals surface area contributed by atoms with Crippen molar-refractivity contribution < 1.29 is 4.79 Å². The number of carbonyl (C=O) groups excluding carboxylic acids is 1. The minimum atomic E-state index is -0.0402. The van der Waals surface area contributed by atoms with Gasteiger partial charge in [-0.3, -0.25) is 4.79 Å². The first-order chi connectivity index (χ1) is 14.7. The molecule has 2 heterocycles. The zero-order valence-electron chi connectivity index (χ0n) is 17.1. The highest BCUT2D eigenvalue weighted by Gasteiger charge is 2.27. The number of aromatic nitrogens is 2. The van der Waals surface area contributed by atoms with Crippen LogP contribution in [0.3, 0.4) is 0 Å². The van der Waals surface area contributed by atoms with Crippen molar-refractivity contribution in [2.45, 2.75) is 24.3 Å². The van der Waals surface area contributed by atoms with Gasteiger partial charge in [-0.1, -0.05) is 42.5 Å². The summed E-state index contributed by atoms with van der Waals surface area (Å²) in [7, 11) is 0. The maximum atomic E-state index is 12.7. The van der Waals surface area contributed by atoms with E-state index in [-0.39, 0.29) is 11.8 Å². The molecule has 1 atom stereocenters. The number of benzene rings is 2. The molecule has 1 fully saturated rings. The SMILES string of the molecule is CSc1ccc(CNC(=O)[C@H]2CCCN(c3ncc(-c4ccccc4)cn3)C2)cc1. The van der Waals surface area contributed by atoms with Crippen molar-refractivity contribution in [3.8, 4) is 11.1 Å². The second-order valence-corrected chi connectivity index (χ2v) is 8.37. The summed E-state index contributed by atoms with van der Waals surface area (Å²) in [5.41, 5.74) is 3.22. The molecule has 1 aliphatic rings. The van der Waals surface area contributed by atoms with Gasteiger partial charge >= 0.3 is 0 Å². The van der Waals surface area contributed by atoms with Crippen LogP contribution in [0.5, 0.6) is 0 Å². The fourth-order valence-electron chi connectivity index (χ4n) is 3.71. The molecule has 4 rings (SSSR count). The molecule has 1 saturated heterocycles. The van der Waals surface area contributed by atoms with Crippen LogP contribution in [0.4, 0.5) is 5.95 Å². The number of rotatable bonds is 6. The van der Waals surface area contributed by atoms with E-state index in [1.807, 2.05) is 42.7 Å². The maximum absolute atomic E-state index is 12.7. The molecule has 0 radical (unpaired) electrons. The van der Waals surface area contributed by atoms with Crippen LogP contribution in [0, 0.1) is 5.92 Å². The van der Waals surface area contributed by atoms with E-state index in [9.17, 15) is 4.79 Å². The molecule has 1 amide bonds. The first-order valence-electron chi connectivity index (χ1n) is 10.3. The molecular weight excluding hydrogens is 392 g/mol. The van der Waals surface area contributed by atoms with Crippen LogP contribution in [0.1, 0.15) is 18.4 Å². The molecule has 6 heteroatoms. The highest BCUT2D eigenvalue weighted by atomic mass is 32.2. The number of hydrogen-bond donors (Lipinski definition) is 1. The van der Waals surface area contributed by atoms with Crippen LogP contribution in [0.25, 0.3) is 11.1 Å². The molecule has 1 aliphatic heterocycles. The van der Waals surface area contributed by atoms with E-state index in [1.54, 1.807) is 11.8 Å². The Kier molecular flexibility index (Phi) is 6.64. The predicted molar refractivity (Wildman–Crippen MR) is 122 cm³/mol. The summed E-state index contributed by atoms with van der Waals surface area (Å²) in [6, 6.07) is 18.4. The normalized spacial score (nSPS) is 16.3. The van der Waals surface area contributed by atoms with Crippen LogP contribution in [-0.4, -0.2) is 35.2 Å². The summed E-state index contributed by atoms with van der Waals surface area (Å²) in [5, 5.41) is 3.10.